The first kappa shape index (κ1) is 16.5. The molecule has 1 aromatic heterocycles. The van der Waals surface area contributed by atoms with Gasteiger partial charge in [0.05, 0.1) is 6.42 Å². The van der Waals surface area contributed by atoms with Crippen LogP contribution in [0.3, 0.4) is 0 Å². The van der Waals surface area contributed by atoms with E-state index in [-0.39, 0.29) is 18.9 Å². The summed E-state index contributed by atoms with van der Waals surface area (Å²) in [7, 11) is 0. The second kappa shape index (κ2) is 8.56. The van der Waals surface area contributed by atoms with E-state index >= 15 is 0 Å². The molecule has 2 aromatic rings. The molecule has 0 bridgehead atoms. The lowest BCUT2D eigenvalue weighted by molar-refractivity contribution is -0.147. The highest BCUT2D eigenvalue weighted by atomic mass is 35.5. The third-order valence-electron chi connectivity index (χ3n) is 2.89. The van der Waals surface area contributed by atoms with Crippen LogP contribution in [0.4, 0.5) is 0 Å². The molecule has 0 atom stereocenters. The maximum Gasteiger partial charge on any atom is 0.311 e. The Bertz CT molecular complexity index is 628. The molecule has 1 heterocycles. The first-order valence-corrected chi connectivity index (χ1v) is 8.08. The van der Waals surface area contributed by atoms with Crippen LogP contribution < -0.4 is 5.32 Å². The summed E-state index contributed by atoms with van der Waals surface area (Å²) < 4.78 is 4.93. The van der Waals surface area contributed by atoms with Crippen LogP contribution in [0.15, 0.2) is 41.8 Å². The molecule has 2 rings (SSSR count). The van der Waals surface area contributed by atoms with Crippen molar-refractivity contribution >= 4 is 34.8 Å². The second-order valence-corrected chi connectivity index (χ2v) is 6.12. The molecule has 0 saturated heterocycles. The summed E-state index contributed by atoms with van der Waals surface area (Å²) in [6.07, 6.45) is 0.878. The Labute approximate surface area is 138 Å². The Morgan fingerprint density at radius 3 is 2.82 bits per heavy atom. The van der Waals surface area contributed by atoms with Crippen molar-refractivity contribution in [3.8, 4) is 0 Å². The van der Waals surface area contributed by atoms with Gasteiger partial charge in [0.2, 0.25) is 0 Å². The molecule has 6 heteroatoms. The van der Waals surface area contributed by atoms with E-state index in [0.717, 1.165) is 10.4 Å². The highest BCUT2D eigenvalue weighted by Crippen LogP contribution is 2.11. The van der Waals surface area contributed by atoms with Crippen molar-refractivity contribution in [2.75, 3.05) is 13.2 Å². The van der Waals surface area contributed by atoms with Gasteiger partial charge in [-0.05, 0) is 35.6 Å². The molecule has 0 aliphatic heterocycles. The van der Waals surface area contributed by atoms with E-state index in [1.165, 1.54) is 11.3 Å². The molecule has 0 aliphatic rings. The summed E-state index contributed by atoms with van der Waals surface area (Å²) in [5.41, 5.74) is 1.04. The maximum atomic E-state index is 11.6. The predicted octanol–water partition coefficient (Wildman–Crippen LogP) is 2.85. The summed E-state index contributed by atoms with van der Waals surface area (Å²) in [5.74, 6) is -0.700. The van der Waals surface area contributed by atoms with Gasteiger partial charge in [0.15, 0.2) is 6.61 Å². The number of carbonyl (C=O) groups is 2. The Kier molecular flexibility index (Phi) is 6.43. The Balaban J connectivity index is 1.62. The molecular formula is C16H16ClNO3S. The average molecular weight is 338 g/mol. The van der Waals surface area contributed by atoms with E-state index in [0.29, 0.717) is 18.0 Å². The van der Waals surface area contributed by atoms with Gasteiger partial charge < -0.3 is 10.1 Å². The molecule has 116 valence electrons. The van der Waals surface area contributed by atoms with E-state index < -0.39 is 5.97 Å². The number of carbonyl (C=O) groups excluding carboxylic acids is 2. The number of ether oxygens (including phenoxy) is 1. The molecule has 1 amide bonds. The number of halogens is 1. The van der Waals surface area contributed by atoms with E-state index in [2.05, 4.69) is 5.32 Å². The third-order valence-corrected chi connectivity index (χ3v) is 4.00. The van der Waals surface area contributed by atoms with Gasteiger partial charge in [-0.2, -0.15) is 0 Å². The largest absolute Gasteiger partial charge is 0.455 e. The van der Waals surface area contributed by atoms with Crippen molar-refractivity contribution in [3.63, 3.8) is 0 Å². The van der Waals surface area contributed by atoms with E-state index in [4.69, 9.17) is 16.3 Å². The van der Waals surface area contributed by atoms with Crippen molar-refractivity contribution in [2.24, 2.45) is 0 Å². The molecule has 0 radical (unpaired) electrons. The van der Waals surface area contributed by atoms with Crippen molar-refractivity contribution in [2.45, 2.75) is 12.8 Å². The van der Waals surface area contributed by atoms with Gasteiger partial charge in [-0.1, -0.05) is 29.8 Å². The van der Waals surface area contributed by atoms with E-state index in [1.807, 2.05) is 35.7 Å². The highest BCUT2D eigenvalue weighted by molar-refractivity contribution is 7.10. The van der Waals surface area contributed by atoms with E-state index in [9.17, 15) is 9.59 Å². The first-order valence-electron chi connectivity index (χ1n) is 6.82. The summed E-state index contributed by atoms with van der Waals surface area (Å²) in [6, 6.07) is 11.2. The van der Waals surface area contributed by atoms with Crippen LogP contribution in [0.1, 0.15) is 10.4 Å². The minimum absolute atomic E-state index is 0.202. The number of nitrogens with one attached hydrogen (secondary N) is 1. The molecule has 4 nitrogen and oxygen atoms in total. The quantitative estimate of drug-likeness (QED) is 0.790. The normalized spacial score (nSPS) is 10.2. The Morgan fingerprint density at radius 1 is 1.23 bits per heavy atom. The summed E-state index contributed by atoms with van der Waals surface area (Å²) in [6.45, 7) is 0.224. The van der Waals surface area contributed by atoms with Crippen LogP contribution in [0.2, 0.25) is 5.02 Å². The Hall–Kier alpha value is -1.85. The fraction of sp³-hybridized carbons (Fsp3) is 0.250. The zero-order valence-corrected chi connectivity index (χ0v) is 13.5. The van der Waals surface area contributed by atoms with Gasteiger partial charge in [0.1, 0.15) is 0 Å². The van der Waals surface area contributed by atoms with Crippen LogP contribution in [0.5, 0.6) is 0 Å². The number of thiophene rings is 1. The molecule has 0 spiro atoms. The molecule has 0 unspecified atom stereocenters. The minimum Gasteiger partial charge on any atom is -0.455 e. The number of benzene rings is 1. The SMILES string of the molecule is O=C(COC(=O)Cc1cccs1)NCCc1cccc(Cl)c1. The molecule has 22 heavy (non-hydrogen) atoms. The monoisotopic (exact) mass is 337 g/mol. The number of rotatable bonds is 7. The number of amides is 1. The van der Waals surface area contributed by atoms with Crippen LogP contribution in [0, 0.1) is 0 Å². The lowest BCUT2D eigenvalue weighted by atomic mass is 10.1. The van der Waals surface area contributed by atoms with Crippen LogP contribution >= 0.6 is 22.9 Å². The van der Waals surface area contributed by atoms with Crippen molar-refractivity contribution in [3.05, 3.63) is 57.2 Å². The first-order chi connectivity index (χ1) is 10.6. The number of hydrogen-bond acceptors (Lipinski definition) is 4. The van der Waals surface area contributed by atoms with Gasteiger partial charge in [-0.3, -0.25) is 9.59 Å². The fourth-order valence-electron chi connectivity index (χ4n) is 1.84. The van der Waals surface area contributed by atoms with Crippen LogP contribution in [-0.4, -0.2) is 25.0 Å². The molecule has 0 aliphatic carbocycles. The molecule has 1 aromatic carbocycles. The minimum atomic E-state index is -0.396. The fourth-order valence-corrected chi connectivity index (χ4v) is 2.75. The zero-order valence-electron chi connectivity index (χ0n) is 11.9. The number of esters is 1. The summed E-state index contributed by atoms with van der Waals surface area (Å²) in [4.78, 5) is 24.1. The van der Waals surface area contributed by atoms with Gasteiger partial charge in [-0.15, -0.1) is 11.3 Å². The maximum absolute atomic E-state index is 11.6. The zero-order chi connectivity index (χ0) is 15.8. The lowest BCUT2D eigenvalue weighted by Crippen LogP contribution is -2.30. The molecule has 0 fully saturated rings. The van der Waals surface area contributed by atoms with Crippen molar-refractivity contribution in [1.29, 1.82) is 0 Å². The third kappa shape index (κ3) is 5.87. The standard InChI is InChI=1S/C16H16ClNO3S/c17-13-4-1-3-12(9-13)6-7-18-15(19)11-21-16(20)10-14-5-2-8-22-14/h1-5,8-9H,6-7,10-11H2,(H,18,19). The van der Waals surface area contributed by atoms with Gasteiger partial charge in [0, 0.05) is 16.4 Å². The molecular weight excluding hydrogens is 322 g/mol. The highest BCUT2D eigenvalue weighted by Gasteiger charge is 2.08. The van der Waals surface area contributed by atoms with Gasteiger partial charge >= 0.3 is 5.97 Å². The Morgan fingerprint density at radius 2 is 2.09 bits per heavy atom. The van der Waals surface area contributed by atoms with Crippen molar-refractivity contribution < 1.29 is 14.3 Å². The van der Waals surface area contributed by atoms with Crippen molar-refractivity contribution in [1.82, 2.24) is 5.32 Å². The molecule has 0 saturated carbocycles. The van der Waals surface area contributed by atoms with E-state index in [1.54, 1.807) is 6.07 Å². The summed E-state index contributed by atoms with van der Waals surface area (Å²) >= 11 is 7.37. The smallest absolute Gasteiger partial charge is 0.311 e. The van der Waals surface area contributed by atoms with Gasteiger partial charge in [0.25, 0.3) is 5.91 Å². The average Bonchev–Trinajstić information content (AvgIpc) is 2.98. The van der Waals surface area contributed by atoms with Gasteiger partial charge in [-0.25, -0.2) is 0 Å². The lowest BCUT2D eigenvalue weighted by Gasteiger charge is -2.06. The second-order valence-electron chi connectivity index (χ2n) is 4.65. The number of hydrogen-bond donors (Lipinski definition) is 1. The predicted molar refractivity (Wildman–Crippen MR) is 87.1 cm³/mol. The summed E-state index contributed by atoms with van der Waals surface area (Å²) in [5, 5.41) is 5.27. The topological polar surface area (TPSA) is 55.4 Å². The van der Waals surface area contributed by atoms with Crippen LogP contribution in [-0.2, 0) is 27.2 Å². The molecule has 1 N–H and O–H groups in total. The van der Waals surface area contributed by atoms with Crippen LogP contribution in [0.25, 0.3) is 0 Å².